The zero-order valence-corrected chi connectivity index (χ0v) is 14.8. The van der Waals surface area contributed by atoms with E-state index >= 15 is 0 Å². The van der Waals surface area contributed by atoms with Gasteiger partial charge in [0.25, 0.3) is 0 Å². The lowest BCUT2D eigenvalue weighted by atomic mass is 10.2. The molecule has 2 saturated heterocycles. The van der Waals surface area contributed by atoms with Gasteiger partial charge in [-0.05, 0) is 5.56 Å². The van der Waals surface area contributed by atoms with Crippen molar-refractivity contribution < 1.29 is 9.59 Å². The number of benzene rings is 1. The monoisotopic (exact) mass is 344 g/mol. The summed E-state index contributed by atoms with van der Waals surface area (Å²) in [6.07, 6.45) is 1.45. The molecule has 0 aliphatic carbocycles. The average Bonchev–Trinajstić information content (AvgIpc) is 2.68. The Hall–Kier alpha value is -1.92. The number of carbonyl (C=O) groups is 2. The molecule has 6 heteroatoms. The number of hydrogen-bond acceptors (Lipinski definition) is 4. The van der Waals surface area contributed by atoms with E-state index in [2.05, 4.69) is 40.1 Å². The molecule has 0 bridgehead atoms. The third-order valence-corrected chi connectivity index (χ3v) is 5.17. The van der Waals surface area contributed by atoms with Crippen LogP contribution in [-0.2, 0) is 16.1 Å². The third kappa shape index (κ3) is 5.28. The van der Waals surface area contributed by atoms with Crippen LogP contribution in [0.5, 0.6) is 0 Å². The second-order valence-corrected chi connectivity index (χ2v) is 6.88. The fraction of sp³-hybridized carbons (Fsp3) is 0.579. The first-order chi connectivity index (χ1) is 12.2. The van der Waals surface area contributed by atoms with E-state index in [1.165, 1.54) is 5.56 Å². The predicted molar refractivity (Wildman–Crippen MR) is 97.0 cm³/mol. The lowest BCUT2D eigenvalue weighted by Gasteiger charge is -2.36. The topological polar surface area (TPSA) is 47.1 Å². The molecule has 2 amide bonds. The lowest BCUT2D eigenvalue weighted by Crippen LogP contribution is -2.50. The number of piperazine rings is 2. The molecule has 0 aromatic heterocycles. The molecule has 25 heavy (non-hydrogen) atoms. The first-order valence-electron chi connectivity index (χ1n) is 9.20. The van der Waals surface area contributed by atoms with E-state index in [1.807, 2.05) is 4.90 Å². The van der Waals surface area contributed by atoms with Gasteiger partial charge in [-0.2, -0.15) is 0 Å². The van der Waals surface area contributed by atoms with Crippen LogP contribution in [0.25, 0.3) is 0 Å². The number of rotatable bonds is 6. The summed E-state index contributed by atoms with van der Waals surface area (Å²) in [5.41, 5.74) is 1.36. The normalized spacial score (nSPS) is 19.8. The van der Waals surface area contributed by atoms with E-state index in [0.717, 1.165) is 45.7 Å². The van der Waals surface area contributed by atoms with E-state index in [-0.39, 0.29) is 5.91 Å². The Morgan fingerprint density at radius 2 is 1.52 bits per heavy atom. The van der Waals surface area contributed by atoms with Gasteiger partial charge in [0.2, 0.25) is 12.3 Å². The maximum atomic E-state index is 12.3. The van der Waals surface area contributed by atoms with Crippen molar-refractivity contribution in [3.63, 3.8) is 0 Å². The van der Waals surface area contributed by atoms with Crippen LogP contribution in [-0.4, -0.2) is 90.8 Å². The van der Waals surface area contributed by atoms with E-state index in [0.29, 0.717) is 32.6 Å². The van der Waals surface area contributed by atoms with Crippen molar-refractivity contribution in [3.05, 3.63) is 35.9 Å². The minimum absolute atomic E-state index is 0.220. The number of hydrogen-bond donors (Lipinski definition) is 0. The second-order valence-electron chi connectivity index (χ2n) is 6.88. The first-order valence-corrected chi connectivity index (χ1v) is 9.20. The first kappa shape index (κ1) is 17.9. The highest BCUT2D eigenvalue weighted by Gasteiger charge is 2.22. The Morgan fingerprint density at radius 1 is 0.880 bits per heavy atom. The highest BCUT2D eigenvalue weighted by atomic mass is 16.2. The predicted octanol–water partition coefficient (Wildman–Crippen LogP) is 0.495. The minimum Gasteiger partial charge on any atom is -0.342 e. The van der Waals surface area contributed by atoms with Gasteiger partial charge in [0, 0.05) is 71.9 Å². The van der Waals surface area contributed by atoms with Gasteiger partial charge in [-0.25, -0.2) is 0 Å². The van der Waals surface area contributed by atoms with Crippen molar-refractivity contribution in [2.75, 3.05) is 58.9 Å². The summed E-state index contributed by atoms with van der Waals surface area (Å²) < 4.78 is 0. The molecule has 0 radical (unpaired) electrons. The summed E-state index contributed by atoms with van der Waals surface area (Å²) >= 11 is 0. The highest BCUT2D eigenvalue weighted by Crippen LogP contribution is 2.09. The van der Waals surface area contributed by atoms with Gasteiger partial charge < -0.3 is 14.7 Å². The molecule has 0 saturated carbocycles. The van der Waals surface area contributed by atoms with Gasteiger partial charge in [0.1, 0.15) is 0 Å². The third-order valence-electron chi connectivity index (χ3n) is 5.17. The molecule has 2 fully saturated rings. The molecule has 2 heterocycles. The Morgan fingerprint density at radius 3 is 2.16 bits per heavy atom. The van der Waals surface area contributed by atoms with Crippen LogP contribution in [0.3, 0.4) is 0 Å². The maximum absolute atomic E-state index is 12.3. The van der Waals surface area contributed by atoms with Gasteiger partial charge in [0.15, 0.2) is 0 Å². The van der Waals surface area contributed by atoms with E-state index in [9.17, 15) is 9.59 Å². The Bertz CT molecular complexity index is 550. The smallest absolute Gasteiger partial charge is 0.223 e. The number of carbonyl (C=O) groups excluding carboxylic acids is 2. The standard InChI is InChI=1S/C19H28N4O2/c24-17-22-12-14-23(15-13-22)19(25)6-7-20-8-10-21(11-9-20)16-18-4-2-1-3-5-18/h1-5,17H,6-16H2. The molecular weight excluding hydrogens is 316 g/mol. The fourth-order valence-corrected chi connectivity index (χ4v) is 3.50. The SMILES string of the molecule is O=CN1CCN(C(=O)CCN2CCN(Cc3ccccc3)CC2)CC1. The van der Waals surface area contributed by atoms with Crippen LogP contribution >= 0.6 is 0 Å². The summed E-state index contributed by atoms with van der Waals surface area (Å²) in [6.45, 7) is 8.67. The summed E-state index contributed by atoms with van der Waals surface area (Å²) in [6, 6.07) is 10.6. The second kappa shape index (κ2) is 8.97. The molecule has 1 aromatic rings. The average molecular weight is 344 g/mol. The Labute approximate surface area is 150 Å². The molecule has 6 nitrogen and oxygen atoms in total. The van der Waals surface area contributed by atoms with Gasteiger partial charge in [-0.15, -0.1) is 0 Å². The van der Waals surface area contributed by atoms with E-state index < -0.39 is 0 Å². The van der Waals surface area contributed by atoms with Crippen LogP contribution in [0.2, 0.25) is 0 Å². The molecule has 2 aliphatic heterocycles. The highest BCUT2D eigenvalue weighted by molar-refractivity contribution is 5.76. The molecule has 0 spiro atoms. The zero-order chi connectivity index (χ0) is 17.5. The van der Waals surface area contributed by atoms with E-state index in [4.69, 9.17) is 0 Å². The van der Waals surface area contributed by atoms with Crippen molar-refractivity contribution in [2.24, 2.45) is 0 Å². The van der Waals surface area contributed by atoms with Crippen LogP contribution in [0.15, 0.2) is 30.3 Å². The molecular formula is C19H28N4O2. The quantitative estimate of drug-likeness (QED) is 0.705. The van der Waals surface area contributed by atoms with Crippen molar-refractivity contribution >= 4 is 12.3 Å². The Balaban J connectivity index is 1.34. The molecule has 0 atom stereocenters. The van der Waals surface area contributed by atoms with Gasteiger partial charge in [-0.3, -0.25) is 14.5 Å². The minimum atomic E-state index is 0.220. The van der Waals surface area contributed by atoms with Crippen molar-refractivity contribution in [3.8, 4) is 0 Å². The lowest BCUT2D eigenvalue weighted by molar-refractivity contribution is -0.135. The zero-order valence-electron chi connectivity index (χ0n) is 14.8. The van der Waals surface area contributed by atoms with E-state index in [1.54, 1.807) is 4.90 Å². The van der Waals surface area contributed by atoms with Gasteiger partial charge in [0.05, 0.1) is 0 Å². The van der Waals surface area contributed by atoms with Crippen molar-refractivity contribution in [2.45, 2.75) is 13.0 Å². The number of nitrogens with zero attached hydrogens (tertiary/aromatic N) is 4. The van der Waals surface area contributed by atoms with Crippen LogP contribution in [0.1, 0.15) is 12.0 Å². The Kier molecular flexibility index (Phi) is 6.42. The van der Waals surface area contributed by atoms with Gasteiger partial charge >= 0.3 is 0 Å². The van der Waals surface area contributed by atoms with Crippen molar-refractivity contribution in [1.29, 1.82) is 0 Å². The molecule has 0 N–H and O–H groups in total. The van der Waals surface area contributed by atoms with Crippen LogP contribution in [0, 0.1) is 0 Å². The molecule has 3 rings (SSSR count). The largest absolute Gasteiger partial charge is 0.342 e. The maximum Gasteiger partial charge on any atom is 0.223 e. The van der Waals surface area contributed by atoms with Gasteiger partial charge in [-0.1, -0.05) is 30.3 Å². The summed E-state index contributed by atoms with van der Waals surface area (Å²) in [4.78, 5) is 31.5. The number of amides is 2. The summed E-state index contributed by atoms with van der Waals surface area (Å²) in [7, 11) is 0. The molecule has 2 aliphatic rings. The van der Waals surface area contributed by atoms with Crippen LogP contribution in [0.4, 0.5) is 0 Å². The van der Waals surface area contributed by atoms with Crippen molar-refractivity contribution in [1.82, 2.24) is 19.6 Å². The van der Waals surface area contributed by atoms with Crippen LogP contribution < -0.4 is 0 Å². The molecule has 1 aromatic carbocycles. The molecule has 136 valence electrons. The summed E-state index contributed by atoms with van der Waals surface area (Å²) in [5, 5.41) is 0. The summed E-state index contributed by atoms with van der Waals surface area (Å²) in [5.74, 6) is 0.220. The fourth-order valence-electron chi connectivity index (χ4n) is 3.50. The molecule has 0 unspecified atom stereocenters.